The molecule has 2 aromatic heterocycles. The molecular weight excluding hydrogens is 781 g/mol. The van der Waals surface area contributed by atoms with E-state index < -0.39 is 0 Å². The molecule has 0 saturated carbocycles. The Kier molecular flexibility index (Phi) is 10.3. The van der Waals surface area contributed by atoms with E-state index in [1.807, 2.05) is 72.8 Å². The summed E-state index contributed by atoms with van der Waals surface area (Å²) in [6.45, 7) is 18.2. The van der Waals surface area contributed by atoms with E-state index in [2.05, 4.69) is 133 Å². The van der Waals surface area contributed by atoms with Crippen LogP contribution in [0.2, 0.25) is 0 Å². The first-order chi connectivity index (χ1) is 31.1. The zero-order valence-corrected chi connectivity index (χ0v) is 37.7. The van der Waals surface area contributed by atoms with E-state index in [0.29, 0.717) is 23.3 Å². The normalized spacial score (nSPS) is 12.0. The van der Waals surface area contributed by atoms with Crippen molar-refractivity contribution in [2.45, 2.75) is 61.8 Å². The fourth-order valence-electron chi connectivity index (χ4n) is 9.38. The second-order valence-electron chi connectivity index (χ2n) is 17.1. The predicted octanol–water partition coefficient (Wildman–Crippen LogP) is 14.5. The molecule has 0 N–H and O–H groups in total. The first-order valence-corrected chi connectivity index (χ1v) is 22.1. The lowest BCUT2D eigenvalue weighted by atomic mass is 9.80. The monoisotopic (exact) mass is 830 g/mol. The molecule has 0 radical (unpaired) electrons. The molecule has 10 rings (SSSR count). The van der Waals surface area contributed by atoms with Crippen molar-refractivity contribution in [3.63, 3.8) is 0 Å². The van der Waals surface area contributed by atoms with Gasteiger partial charge >= 0.3 is 0 Å². The van der Waals surface area contributed by atoms with E-state index in [1.54, 1.807) is 0 Å². The Bertz CT molecular complexity index is 3070. The molecule has 0 unspecified atom stereocenters. The quantitative estimate of drug-likeness (QED) is 0.159. The van der Waals surface area contributed by atoms with Gasteiger partial charge in [0.05, 0.1) is 28.5 Å². The van der Waals surface area contributed by atoms with Crippen LogP contribution in [-0.4, -0.2) is 24.9 Å². The standard InChI is InChI=1S/C58H50N6/c1-34-36(3)40(7)53-47(38(34)5)32-48-39(6)35(2)37(4)41(8)54(48)64(53)52-30-29-46(57-62-55(44-25-17-11-18-26-44)61-56(63-57)45-27-19-12-20-28-45)31-49(52)58-59-50(42-21-13-9-14-22-42)33-51(60-58)43-23-15-10-16-24-43/h9-31,33H,32H2,1-8H3. The minimum atomic E-state index is 0.569. The maximum Gasteiger partial charge on any atom is 0.164 e. The van der Waals surface area contributed by atoms with Crippen LogP contribution in [-0.2, 0) is 6.42 Å². The highest BCUT2D eigenvalue weighted by Crippen LogP contribution is 2.53. The average Bonchev–Trinajstić information content (AvgIpc) is 3.36. The van der Waals surface area contributed by atoms with E-state index in [4.69, 9.17) is 24.9 Å². The average molecular weight is 831 g/mol. The third-order valence-corrected chi connectivity index (χ3v) is 13.7. The molecular formula is C58H50N6. The van der Waals surface area contributed by atoms with Gasteiger partial charge in [-0.15, -0.1) is 0 Å². The van der Waals surface area contributed by atoms with Gasteiger partial charge in [-0.05, 0) is 135 Å². The van der Waals surface area contributed by atoms with Gasteiger partial charge in [-0.3, -0.25) is 0 Å². The largest absolute Gasteiger partial charge is 0.309 e. The molecule has 0 amide bonds. The molecule has 1 aliphatic rings. The minimum absolute atomic E-state index is 0.569. The highest BCUT2D eigenvalue weighted by molar-refractivity contribution is 5.96. The van der Waals surface area contributed by atoms with E-state index in [1.165, 1.54) is 67.0 Å². The van der Waals surface area contributed by atoms with Gasteiger partial charge in [0.1, 0.15) is 0 Å². The molecule has 64 heavy (non-hydrogen) atoms. The van der Waals surface area contributed by atoms with Crippen LogP contribution in [0, 0.1) is 55.4 Å². The van der Waals surface area contributed by atoms with Crippen molar-refractivity contribution in [1.29, 1.82) is 0 Å². The Morgan fingerprint density at radius 2 is 0.703 bits per heavy atom. The number of nitrogens with zero attached hydrogens (tertiary/aromatic N) is 6. The topological polar surface area (TPSA) is 67.7 Å². The second-order valence-corrected chi connectivity index (χ2v) is 17.1. The molecule has 312 valence electrons. The Balaban J connectivity index is 1.32. The van der Waals surface area contributed by atoms with Crippen molar-refractivity contribution in [1.82, 2.24) is 24.9 Å². The van der Waals surface area contributed by atoms with Crippen molar-refractivity contribution >= 4 is 17.1 Å². The lowest BCUT2D eigenvalue weighted by Gasteiger charge is -2.40. The van der Waals surface area contributed by atoms with Crippen LogP contribution in [0.4, 0.5) is 17.1 Å². The molecule has 0 atom stereocenters. The third-order valence-electron chi connectivity index (χ3n) is 13.7. The number of hydrogen-bond acceptors (Lipinski definition) is 6. The molecule has 3 heterocycles. The lowest BCUT2D eigenvalue weighted by molar-refractivity contribution is 0.995. The first-order valence-electron chi connectivity index (χ1n) is 22.1. The van der Waals surface area contributed by atoms with E-state index >= 15 is 0 Å². The molecule has 0 saturated heterocycles. The third kappa shape index (κ3) is 6.96. The summed E-state index contributed by atoms with van der Waals surface area (Å²) in [6.07, 6.45) is 0.865. The van der Waals surface area contributed by atoms with Gasteiger partial charge in [-0.1, -0.05) is 121 Å². The number of anilines is 3. The van der Waals surface area contributed by atoms with Gasteiger partial charge in [-0.25, -0.2) is 24.9 Å². The maximum atomic E-state index is 5.48. The number of rotatable bonds is 7. The number of hydrogen-bond donors (Lipinski definition) is 0. The minimum Gasteiger partial charge on any atom is -0.309 e. The van der Waals surface area contributed by atoms with Crippen molar-refractivity contribution < 1.29 is 0 Å². The van der Waals surface area contributed by atoms with Crippen LogP contribution in [0.3, 0.4) is 0 Å². The zero-order chi connectivity index (χ0) is 44.2. The van der Waals surface area contributed by atoms with E-state index in [9.17, 15) is 0 Å². The van der Waals surface area contributed by atoms with Crippen molar-refractivity contribution in [2.24, 2.45) is 0 Å². The van der Waals surface area contributed by atoms with Crippen LogP contribution < -0.4 is 4.90 Å². The Hall–Kier alpha value is -7.57. The van der Waals surface area contributed by atoms with E-state index in [-0.39, 0.29) is 0 Å². The van der Waals surface area contributed by atoms with Crippen molar-refractivity contribution in [2.75, 3.05) is 4.90 Å². The zero-order valence-electron chi connectivity index (χ0n) is 37.7. The highest BCUT2D eigenvalue weighted by Gasteiger charge is 2.34. The Morgan fingerprint density at radius 3 is 1.12 bits per heavy atom. The summed E-state index contributed by atoms with van der Waals surface area (Å²) in [5.74, 6) is 2.40. The molecule has 0 spiro atoms. The summed E-state index contributed by atoms with van der Waals surface area (Å²) in [4.78, 5) is 28.9. The molecule has 0 fully saturated rings. The van der Waals surface area contributed by atoms with Crippen LogP contribution in [0.1, 0.15) is 55.6 Å². The lowest BCUT2D eigenvalue weighted by Crippen LogP contribution is -2.25. The van der Waals surface area contributed by atoms with Gasteiger partial charge in [0.25, 0.3) is 0 Å². The van der Waals surface area contributed by atoms with E-state index in [0.717, 1.165) is 56.9 Å². The SMILES string of the molecule is Cc1c(C)c(C)c2c(c1C)Cc1c(C)c(C)c(C)c(C)c1N2c1ccc(-c2nc(-c3ccccc3)nc(-c3ccccc3)n2)cc1-c1nc(-c2ccccc2)cc(-c2ccccc2)n1. The number of benzene rings is 7. The Labute approximate surface area is 376 Å². The van der Waals surface area contributed by atoms with Gasteiger partial charge in [0.2, 0.25) is 0 Å². The van der Waals surface area contributed by atoms with Crippen LogP contribution in [0.5, 0.6) is 0 Å². The number of aromatic nitrogens is 5. The van der Waals surface area contributed by atoms with Crippen LogP contribution in [0.15, 0.2) is 146 Å². The smallest absolute Gasteiger partial charge is 0.164 e. The van der Waals surface area contributed by atoms with Crippen molar-refractivity contribution in [3.8, 4) is 68.1 Å². The van der Waals surface area contributed by atoms with Crippen LogP contribution in [0.25, 0.3) is 68.1 Å². The molecule has 7 aromatic carbocycles. The summed E-state index contributed by atoms with van der Waals surface area (Å²) < 4.78 is 0. The summed E-state index contributed by atoms with van der Waals surface area (Å²) in [6, 6.07) is 49.8. The predicted molar refractivity (Wildman–Crippen MR) is 263 cm³/mol. The number of fused-ring (bicyclic) bond motifs is 2. The summed E-state index contributed by atoms with van der Waals surface area (Å²) >= 11 is 0. The Morgan fingerprint density at radius 1 is 0.328 bits per heavy atom. The van der Waals surface area contributed by atoms with Gasteiger partial charge in [-0.2, -0.15) is 0 Å². The highest BCUT2D eigenvalue weighted by atomic mass is 15.2. The fraction of sp³-hybridized carbons (Fsp3) is 0.155. The molecule has 1 aliphatic heterocycles. The van der Waals surface area contributed by atoms with Gasteiger partial charge in [0, 0.05) is 39.8 Å². The van der Waals surface area contributed by atoms with Crippen molar-refractivity contribution in [3.05, 3.63) is 201 Å². The molecule has 0 bridgehead atoms. The molecule has 6 nitrogen and oxygen atoms in total. The fourth-order valence-corrected chi connectivity index (χ4v) is 9.38. The summed E-state index contributed by atoms with van der Waals surface area (Å²) in [7, 11) is 0. The maximum absolute atomic E-state index is 5.48. The van der Waals surface area contributed by atoms with Gasteiger partial charge < -0.3 is 4.90 Å². The molecule has 6 heteroatoms. The first kappa shape index (κ1) is 40.5. The van der Waals surface area contributed by atoms with Gasteiger partial charge in [0.15, 0.2) is 23.3 Å². The summed E-state index contributed by atoms with van der Waals surface area (Å²) in [5, 5.41) is 0. The summed E-state index contributed by atoms with van der Waals surface area (Å²) in [5.41, 5.74) is 24.0. The molecule has 9 aromatic rings. The van der Waals surface area contributed by atoms with Crippen LogP contribution >= 0.6 is 0 Å². The second kappa shape index (κ2) is 16.3. The molecule has 0 aliphatic carbocycles.